The highest BCUT2D eigenvalue weighted by atomic mass is 127. The van der Waals surface area contributed by atoms with E-state index in [1.807, 2.05) is 30.3 Å². The first kappa shape index (κ1) is 25.6. The molecule has 0 amide bonds. The molecular formula is C23H33IN4O2S. The number of piperidine rings is 1. The van der Waals surface area contributed by atoms with Crippen molar-refractivity contribution < 1.29 is 8.42 Å². The molecule has 0 radical (unpaired) electrons. The van der Waals surface area contributed by atoms with Gasteiger partial charge in [0.2, 0.25) is 10.0 Å². The maximum absolute atomic E-state index is 13.1. The van der Waals surface area contributed by atoms with E-state index >= 15 is 0 Å². The van der Waals surface area contributed by atoms with Crippen LogP contribution >= 0.6 is 24.0 Å². The van der Waals surface area contributed by atoms with Gasteiger partial charge in [0.25, 0.3) is 0 Å². The summed E-state index contributed by atoms with van der Waals surface area (Å²) in [5.74, 6) is 0.986. The summed E-state index contributed by atoms with van der Waals surface area (Å²) in [6.45, 7) is 4.49. The van der Waals surface area contributed by atoms with Crippen molar-refractivity contribution >= 4 is 40.0 Å². The largest absolute Gasteiger partial charge is 0.356 e. The van der Waals surface area contributed by atoms with Crippen LogP contribution in [0.2, 0.25) is 0 Å². The normalized spacial score (nSPS) is 16.3. The second-order valence-electron chi connectivity index (χ2n) is 7.69. The number of halogens is 1. The molecule has 1 aliphatic rings. The average Bonchev–Trinajstić information content (AvgIpc) is 2.80. The highest BCUT2D eigenvalue weighted by Gasteiger charge is 2.27. The third-order valence-corrected chi connectivity index (χ3v) is 7.52. The Balaban J connectivity index is 0.00000341. The topological polar surface area (TPSA) is 73.8 Å². The third-order valence-electron chi connectivity index (χ3n) is 5.52. The molecule has 1 aliphatic heterocycles. The number of rotatable bonds is 7. The Hall–Kier alpha value is -1.65. The molecule has 1 atom stereocenters. The van der Waals surface area contributed by atoms with E-state index in [1.165, 1.54) is 5.56 Å². The zero-order valence-electron chi connectivity index (χ0n) is 18.3. The van der Waals surface area contributed by atoms with Gasteiger partial charge in [0.05, 0.1) is 4.90 Å². The molecule has 0 saturated carbocycles. The summed E-state index contributed by atoms with van der Waals surface area (Å²) >= 11 is 0. The number of nitrogens with zero attached hydrogens (tertiary/aromatic N) is 2. The number of sulfonamides is 1. The molecule has 1 unspecified atom stereocenters. The Labute approximate surface area is 203 Å². The summed E-state index contributed by atoms with van der Waals surface area (Å²) in [5, 5.41) is 6.60. The average molecular weight is 557 g/mol. The molecular weight excluding hydrogens is 523 g/mol. The second-order valence-corrected chi connectivity index (χ2v) is 9.60. The van der Waals surface area contributed by atoms with Crippen molar-refractivity contribution in [1.82, 2.24) is 14.9 Å². The van der Waals surface area contributed by atoms with Crippen LogP contribution in [-0.2, 0) is 16.6 Å². The van der Waals surface area contributed by atoms with Gasteiger partial charge in [0.15, 0.2) is 5.96 Å². The van der Waals surface area contributed by atoms with Gasteiger partial charge in [-0.2, -0.15) is 4.31 Å². The van der Waals surface area contributed by atoms with Crippen molar-refractivity contribution in [3.05, 3.63) is 65.7 Å². The molecule has 0 aliphatic carbocycles. The number of hydrogen-bond donors (Lipinski definition) is 2. The number of nitrogens with one attached hydrogen (secondary N) is 2. The highest BCUT2D eigenvalue weighted by molar-refractivity contribution is 14.0. The van der Waals surface area contributed by atoms with E-state index in [2.05, 4.69) is 34.7 Å². The van der Waals surface area contributed by atoms with E-state index in [0.717, 1.165) is 31.4 Å². The van der Waals surface area contributed by atoms with E-state index < -0.39 is 10.0 Å². The van der Waals surface area contributed by atoms with Crippen molar-refractivity contribution in [3.63, 3.8) is 0 Å². The fourth-order valence-electron chi connectivity index (χ4n) is 3.69. The fraction of sp³-hybridized carbons (Fsp3) is 0.435. The van der Waals surface area contributed by atoms with E-state index in [9.17, 15) is 8.42 Å². The predicted molar refractivity (Wildman–Crippen MR) is 138 cm³/mol. The van der Waals surface area contributed by atoms with Crippen LogP contribution in [0.4, 0.5) is 0 Å². The van der Waals surface area contributed by atoms with E-state index in [1.54, 1.807) is 23.5 Å². The standard InChI is InChI=1S/C23H32N4O2S.HI/c1-19(20-11-5-3-6-12-20)17-25-23(24-2)26-18-21-13-7-8-14-22(21)30(28,29)27-15-9-4-10-16-27;/h3,5-8,11-14,19H,4,9-10,15-18H2,1-2H3,(H2,24,25,26);1H. The summed E-state index contributed by atoms with van der Waals surface area (Å²) < 4.78 is 27.9. The van der Waals surface area contributed by atoms with E-state index in [0.29, 0.717) is 36.4 Å². The maximum Gasteiger partial charge on any atom is 0.243 e. The molecule has 6 nitrogen and oxygen atoms in total. The van der Waals surface area contributed by atoms with Crippen LogP contribution in [-0.4, -0.2) is 45.4 Å². The second kappa shape index (κ2) is 12.4. The van der Waals surface area contributed by atoms with Crippen molar-refractivity contribution in [2.45, 2.75) is 43.5 Å². The predicted octanol–water partition coefficient (Wildman–Crippen LogP) is 3.95. The van der Waals surface area contributed by atoms with Crippen LogP contribution in [0.1, 0.15) is 43.2 Å². The molecule has 31 heavy (non-hydrogen) atoms. The van der Waals surface area contributed by atoms with Crippen LogP contribution < -0.4 is 10.6 Å². The lowest BCUT2D eigenvalue weighted by Gasteiger charge is -2.27. The molecule has 8 heteroatoms. The first-order valence-electron chi connectivity index (χ1n) is 10.6. The first-order chi connectivity index (χ1) is 14.5. The van der Waals surface area contributed by atoms with Crippen LogP contribution in [0.25, 0.3) is 0 Å². The zero-order chi connectivity index (χ0) is 21.4. The Kier molecular flexibility index (Phi) is 10.2. The molecule has 170 valence electrons. The van der Waals surface area contributed by atoms with Gasteiger partial charge in [-0.15, -0.1) is 24.0 Å². The van der Waals surface area contributed by atoms with Crippen LogP contribution in [0.15, 0.2) is 64.5 Å². The van der Waals surface area contributed by atoms with Gasteiger partial charge in [-0.25, -0.2) is 8.42 Å². The van der Waals surface area contributed by atoms with E-state index in [-0.39, 0.29) is 24.0 Å². The van der Waals surface area contributed by atoms with Gasteiger partial charge in [-0.1, -0.05) is 61.9 Å². The van der Waals surface area contributed by atoms with E-state index in [4.69, 9.17) is 0 Å². The lowest BCUT2D eigenvalue weighted by atomic mass is 10.0. The molecule has 2 aromatic rings. The van der Waals surface area contributed by atoms with Gasteiger partial charge in [0, 0.05) is 33.2 Å². The summed E-state index contributed by atoms with van der Waals surface area (Å²) in [7, 11) is -1.75. The highest BCUT2D eigenvalue weighted by Crippen LogP contribution is 2.23. The number of guanidine groups is 1. The van der Waals surface area contributed by atoms with Gasteiger partial charge in [0.1, 0.15) is 0 Å². The summed E-state index contributed by atoms with van der Waals surface area (Å²) in [5.41, 5.74) is 2.01. The molecule has 1 fully saturated rings. The summed E-state index contributed by atoms with van der Waals surface area (Å²) in [6, 6.07) is 17.6. The van der Waals surface area contributed by atoms with Gasteiger partial charge < -0.3 is 10.6 Å². The van der Waals surface area contributed by atoms with Crippen molar-refractivity contribution in [1.29, 1.82) is 0 Å². The van der Waals surface area contributed by atoms with Gasteiger partial charge in [-0.05, 0) is 36.0 Å². The minimum absolute atomic E-state index is 0. The van der Waals surface area contributed by atoms with Crippen molar-refractivity contribution in [3.8, 4) is 0 Å². The van der Waals surface area contributed by atoms with Crippen LogP contribution in [0, 0.1) is 0 Å². The van der Waals surface area contributed by atoms with Gasteiger partial charge in [-0.3, -0.25) is 4.99 Å². The summed E-state index contributed by atoms with van der Waals surface area (Å²) in [4.78, 5) is 4.67. The quantitative estimate of drug-likeness (QED) is 0.308. The molecule has 3 rings (SSSR count). The zero-order valence-corrected chi connectivity index (χ0v) is 21.4. The minimum Gasteiger partial charge on any atom is -0.356 e. The monoisotopic (exact) mass is 556 g/mol. The van der Waals surface area contributed by atoms with Crippen LogP contribution in [0.3, 0.4) is 0 Å². The fourth-order valence-corrected chi connectivity index (χ4v) is 5.43. The Morgan fingerprint density at radius 2 is 1.65 bits per heavy atom. The lowest BCUT2D eigenvalue weighted by Crippen LogP contribution is -2.39. The smallest absolute Gasteiger partial charge is 0.243 e. The molecule has 1 saturated heterocycles. The maximum atomic E-state index is 13.1. The molecule has 0 bridgehead atoms. The molecule has 1 heterocycles. The minimum atomic E-state index is -3.48. The summed E-state index contributed by atoms with van der Waals surface area (Å²) in [6.07, 6.45) is 2.95. The van der Waals surface area contributed by atoms with Crippen LogP contribution in [0.5, 0.6) is 0 Å². The number of benzene rings is 2. The van der Waals surface area contributed by atoms with Gasteiger partial charge >= 0.3 is 0 Å². The molecule has 0 aromatic heterocycles. The number of hydrogen-bond acceptors (Lipinski definition) is 3. The first-order valence-corrected chi connectivity index (χ1v) is 12.0. The van der Waals surface area contributed by atoms with Crippen molar-refractivity contribution in [2.24, 2.45) is 4.99 Å². The number of aliphatic imine (C=N–C) groups is 1. The SMILES string of the molecule is CN=C(NCc1ccccc1S(=O)(=O)N1CCCCC1)NCC(C)c1ccccc1.I. The third kappa shape index (κ3) is 6.92. The Bertz CT molecular complexity index is 945. The lowest BCUT2D eigenvalue weighted by molar-refractivity contribution is 0.346. The Morgan fingerprint density at radius 1 is 1.00 bits per heavy atom. The van der Waals surface area contributed by atoms with Crippen molar-refractivity contribution in [2.75, 3.05) is 26.7 Å². The molecule has 0 spiro atoms. The molecule has 2 aromatic carbocycles. The Morgan fingerprint density at radius 3 is 2.32 bits per heavy atom. The molecule has 2 N–H and O–H groups in total.